The number of hydrogen-bond donors (Lipinski definition) is 3. The van der Waals surface area contributed by atoms with E-state index in [9.17, 15) is 13.6 Å². The summed E-state index contributed by atoms with van der Waals surface area (Å²) in [7, 11) is 3.10. The van der Waals surface area contributed by atoms with Crippen molar-refractivity contribution in [2.75, 3.05) is 27.2 Å². The summed E-state index contributed by atoms with van der Waals surface area (Å²) in [5, 5.41) is 13.3. The minimum absolute atomic E-state index is 0.0468. The molecule has 1 aromatic rings. The number of hydrogen-bond acceptors (Lipinski definition) is 5. The number of benzene rings is 1. The fraction of sp³-hybridized carbons (Fsp3) is 0.333. The molecule has 0 bridgehead atoms. The third-order valence-electron chi connectivity index (χ3n) is 4.78. The van der Waals surface area contributed by atoms with Crippen molar-refractivity contribution >= 4 is 11.6 Å². The molecule has 0 spiro atoms. The normalized spacial score (nSPS) is 22.8. The SMILES string of the molecule is CN/C(C(=O)NC1CN(C)CC1(F)F)=C1/C=C(OCc2ccccc2)C=CC1=N. The predicted molar refractivity (Wildman–Crippen MR) is 107 cm³/mol. The molecule has 154 valence electrons. The average Bonchev–Trinajstić information content (AvgIpc) is 2.94. The molecule has 29 heavy (non-hydrogen) atoms. The molecule has 1 amide bonds. The molecule has 0 aromatic heterocycles. The van der Waals surface area contributed by atoms with Crippen LogP contribution in [0.15, 0.2) is 65.6 Å². The highest BCUT2D eigenvalue weighted by Crippen LogP contribution is 2.27. The largest absolute Gasteiger partial charge is 0.489 e. The van der Waals surface area contributed by atoms with Gasteiger partial charge in [-0.15, -0.1) is 0 Å². The summed E-state index contributed by atoms with van der Waals surface area (Å²) in [6, 6.07) is 8.30. The highest BCUT2D eigenvalue weighted by molar-refractivity contribution is 6.14. The molecular formula is C21H24F2N4O2. The van der Waals surface area contributed by atoms with E-state index in [2.05, 4.69) is 10.6 Å². The van der Waals surface area contributed by atoms with Crippen molar-refractivity contribution in [1.82, 2.24) is 15.5 Å². The minimum Gasteiger partial charge on any atom is -0.489 e. The second-order valence-electron chi connectivity index (χ2n) is 7.09. The lowest BCUT2D eigenvalue weighted by molar-refractivity contribution is -0.120. The number of ether oxygens (including phenoxy) is 1. The topological polar surface area (TPSA) is 77.5 Å². The summed E-state index contributed by atoms with van der Waals surface area (Å²) in [4.78, 5) is 14.2. The Morgan fingerprint density at radius 2 is 2.03 bits per heavy atom. The summed E-state index contributed by atoms with van der Waals surface area (Å²) >= 11 is 0. The van der Waals surface area contributed by atoms with Crippen molar-refractivity contribution in [2.24, 2.45) is 0 Å². The van der Waals surface area contributed by atoms with Gasteiger partial charge in [-0.25, -0.2) is 8.78 Å². The van der Waals surface area contributed by atoms with Crippen molar-refractivity contribution < 1.29 is 18.3 Å². The number of nitrogens with zero attached hydrogens (tertiary/aromatic N) is 1. The second-order valence-corrected chi connectivity index (χ2v) is 7.09. The van der Waals surface area contributed by atoms with Gasteiger partial charge in [-0.3, -0.25) is 9.69 Å². The van der Waals surface area contributed by atoms with Crippen LogP contribution in [0.5, 0.6) is 0 Å². The second kappa shape index (κ2) is 8.57. The Labute approximate surface area is 168 Å². The van der Waals surface area contributed by atoms with Crippen LogP contribution in [0.4, 0.5) is 8.78 Å². The molecule has 2 aliphatic rings. The monoisotopic (exact) mass is 402 g/mol. The van der Waals surface area contributed by atoms with Crippen molar-refractivity contribution in [1.29, 1.82) is 5.41 Å². The molecule has 1 aromatic carbocycles. The van der Waals surface area contributed by atoms with E-state index in [0.717, 1.165) is 5.56 Å². The number of carbonyl (C=O) groups is 1. The van der Waals surface area contributed by atoms with Crippen molar-refractivity contribution in [3.8, 4) is 0 Å². The number of rotatable bonds is 6. The predicted octanol–water partition coefficient (Wildman–Crippen LogP) is 2.22. The Morgan fingerprint density at radius 3 is 2.66 bits per heavy atom. The van der Waals surface area contributed by atoms with E-state index in [-0.39, 0.29) is 23.5 Å². The Balaban J connectivity index is 1.77. The van der Waals surface area contributed by atoms with Crippen LogP contribution in [0.1, 0.15) is 5.56 Å². The van der Waals surface area contributed by atoms with E-state index < -0.39 is 24.4 Å². The van der Waals surface area contributed by atoms with E-state index in [1.54, 1.807) is 19.2 Å². The molecule has 1 saturated heterocycles. The zero-order valence-electron chi connectivity index (χ0n) is 16.3. The molecule has 1 aliphatic heterocycles. The first-order valence-electron chi connectivity index (χ1n) is 9.25. The van der Waals surface area contributed by atoms with Gasteiger partial charge in [0.25, 0.3) is 11.8 Å². The molecule has 1 aliphatic carbocycles. The first-order chi connectivity index (χ1) is 13.8. The van der Waals surface area contributed by atoms with Crippen LogP contribution in [0, 0.1) is 5.41 Å². The smallest absolute Gasteiger partial charge is 0.281 e. The van der Waals surface area contributed by atoms with Gasteiger partial charge in [0.1, 0.15) is 24.1 Å². The van der Waals surface area contributed by atoms with Crippen molar-refractivity contribution in [3.63, 3.8) is 0 Å². The molecule has 8 heteroatoms. The maximum Gasteiger partial charge on any atom is 0.281 e. The van der Waals surface area contributed by atoms with E-state index in [4.69, 9.17) is 10.1 Å². The van der Waals surface area contributed by atoms with Crippen molar-refractivity contribution in [3.05, 3.63) is 71.2 Å². The molecule has 1 unspecified atom stereocenters. The molecule has 3 rings (SSSR count). The minimum atomic E-state index is -3.01. The summed E-state index contributed by atoms with van der Waals surface area (Å²) in [6.45, 7) is -0.0115. The lowest BCUT2D eigenvalue weighted by Crippen LogP contribution is -2.48. The third kappa shape index (κ3) is 4.89. The highest BCUT2D eigenvalue weighted by Gasteiger charge is 2.47. The molecule has 1 fully saturated rings. The average molecular weight is 402 g/mol. The Kier molecular flexibility index (Phi) is 6.12. The molecular weight excluding hydrogens is 378 g/mol. The summed E-state index contributed by atoms with van der Waals surface area (Å²) in [6.07, 6.45) is 4.72. The molecule has 0 saturated carbocycles. The van der Waals surface area contributed by atoms with Gasteiger partial charge in [-0.1, -0.05) is 30.3 Å². The van der Waals surface area contributed by atoms with Crippen LogP contribution in [-0.2, 0) is 16.1 Å². The van der Waals surface area contributed by atoms with Crippen LogP contribution < -0.4 is 10.6 Å². The van der Waals surface area contributed by atoms with Gasteiger partial charge in [0, 0.05) is 19.2 Å². The Morgan fingerprint density at radius 1 is 1.31 bits per heavy atom. The fourth-order valence-corrected chi connectivity index (χ4v) is 3.29. The first kappa shape index (κ1) is 20.7. The fourth-order valence-electron chi connectivity index (χ4n) is 3.29. The van der Waals surface area contributed by atoms with Gasteiger partial charge >= 0.3 is 0 Å². The molecule has 6 nitrogen and oxygen atoms in total. The standard InChI is InChI=1S/C21H24F2N4O2/c1-25-19(20(28)26-18-11-27(2)13-21(18,22)23)16-10-15(8-9-17(16)24)29-12-14-6-4-3-5-7-14/h3-10,18,24-25H,11-13H2,1-2H3,(H,26,28)/b19-16-,24-17?. The van der Waals surface area contributed by atoms with Crippen LogP contribution in [0.2, 0.25) is 0 Å². The molecule has 3 N–H and O–H groups in total. The van der Waals surface area contributed by atoms with E-state index in [1.165, 1.54) is 18.0 Å². The number of likely N-dealkylation sites (tertiary alicyclic amines) is 1. The number of allylic oxidation sites excluding steroid dienone is 4. The van der Waals surface area contributed by atoms with Crippen LogP contribution in [0.25, 0.3) is 0 Å². The summed E-state index contributed by atoms with van der Waals surface area (Å²) in [5.74, 6) is -3.21. The number of carbonyl (C=O) groups excluding carboxylic acids is 1. The quantitative estimate of drug-likeness (QED) is 0.638. The van der Waals surface area contributed by atoms with E-state index in [0.29, 0.717) is 12.4 Å². The Bertz CT molecular complexity index is 878. The van der Waals surface area contributed by atoms with Crippen LogP contribution in [-0.4, -0.2) is 55.7 Å². The maximum atomic E-state index is 14.1. The summed E-state index contributed by atoms with van der Waals surface area (Å²) < 4.78 is 33.9. The lowest BCUT2D eigenvalue weighted by Gasteiger charge is -2.21. The van der Waals surface area contributed by atoms with E-state index in [1.807, 2.05) is 30.3 Å². The highest BCUT2D eigenvalue weighted by atomic mass is 19.3. The number of likely N-dealkylation sites (N-methyl/N-ethyl adjacent to an activating group) is 2. The van der Waals surface area contributed by atoms with Crippen molar-refractivity contribution in [2.45, 2.75) is 18.6 Å². The Hall–Kier alpha value is -3.00. The van der Waals surface area contributed by atoms with Gasteiger partial charge in [-0.05, 0) is 30.8 Å². The number of alkyl halides is 2. The van der Waals surface area contributed by atoms with Gasteiger partial charge < -0.3 is 20.8 Å². The van der Waals surface area contributed by atoms with Crippen LogP contribution in [0.3, 0.4) is 0 Å². The number of halogens is 2. The third-order valence-corrected chi connectivity index (χ3v) is 4.78. The zero-order valence-corrected chi connectivity index (χ0v) is 16.3. The molecule has 1 heterocycles. The van der Waals surface area contributed by atoms with Gasteiger partial charge in [0.15, 0.2) is 0 Å². The molecule has 1 atom stereocenters. The number of amides is 1. The first-order valence-corrected chi connectivity index (χ1v) is 9.25. The number of nitrogens with one attached hydrogen (secondary N) is 3. The summed E-state index contributed by atoms with van der Waals surface area (Å²) in [5.41, 5.74) is 1.40. The van der Waals surface area contributed by atoms with E-state index >= 15 is 0 Å². The zero-order chi connectivity index (χ0) is 21.0. The maximum absolute atomic E-state index is 14.1. The van der Waals surface area contributed by atoms with Gasteiger partial charge in [0.2, 0.25) is 0 Å². The molecule has 0 radical (unpaired) electrons. The lowest BCUT2D eigenvalue weighted by atomic mass is 10.0. The van der Waals surface area contributed by atoms with Gasteiger partial charge in [0.05, 0.1) is 12.3 Å². The van der Waals surface area contributed by atoms with Crippen LogP contribution >= 0.6 is 0 Å². The van der Waals surface area contributed by atoms with Gasteiger partial charge in [-0.2, -0.15) is 0 Å².